The Morgan fingerprint density at radius 2 is 1.91 bits per heavy atom. The molecule has 4 rings (SSSR count). The number of halogens is 1. The normalized spacial score (nSPS) is 14.7. The number of anilines is 2. The number of hydrogen-bond acceptors (Lipinski definition) is 7. The molecule has 0 aliphatic carbocycles. The number of aromatic nitrogens is 1. The lowest BCUT2D eigenvalue weighted by molar-refractivity contribution is 0.102. The van der Waals surface area contributed by atoms with E-state index < -0.39 is 21.7 Å². The third-order valence-corrected chi connectivity index (χ3v) is 8.57. The lowest BCUT2D eigenvalue weighted by atomic mass is 10.2. The van der Waals surface area contributed by atoms with Gasteiger partial charge in [0, 0.05) is 31.9 Å². The van der Waals surface area contributed by atoms with E-state index in [0.717, 1.165) is 40.6 Å². The van der Waals surface area contributed by atoms with Crippen LogP contribution < -0.4 is 10.2 Å². The van der Waals surface area contributed by atoms with Gasteiger partial charge in [-0.25, -0.2) is 17.8 Å². The summed E-state index contributed by atoms with van der Waals surface area (Å²) < 4.78 is 47.5. The zero-order valence-electron chi connectivity index (χ0n) is 18.4. The number of amides is 1. The average molecular weight is 493 g/mol. The molecule has 0 spiro atoms. The van der Waals surface area contributed by atoms with Crippen LogP contribution in [0.5, 0.6) is 0 Å². The highest BCUT2D eigenvalue weighted by Crippen LogP contribution is 2.31. The van der Waals surface area contributed by atoms with Crippen molar-refractivity contribution in [3.8, 4) is 0 Å². The number of carbonyl (C=O) groups is 1. The maximum Gasteiger partial charge on any atom is 0.258 e. The Bertz CT molecular complexity index is 1270. The number of hydrogen-bond donors (Lipinski definition) is 1. The molecule has 2 heterocycles. The Hall–Kier alpha value is -2.60. The molecule has 1 saturated heterocycles. The number of sulfonamides is 1. The molecule has 3 aromatic rings. The summed E-state index contributed by atoms with van der Waals surface area (Å²) in [5.41, 5.74) is 0.945. The van der Waals surface area contributed by atoms with Crippen LogP contribution in [0.2, 0.25) is 0 Å². The summed E-state index contributed by atoms with van der Waals surface area (Å²) in [5, 5.41) is 3.56. The van der Waals surface area contributed by atoms with E-state index in [4.69, 9.17) is 4.74 Å². The van der Waals surface area contributed by atoms with E-state index in [1.807, 2.05) is 0 Å². The summed E-state index contributed by atoms with van der Waals surface area (Å²) in [4.78, 5) is 19.5. The molecule has 2 aromatic carbocycles. The van der Waals surface area contributed by atoms with E-state index in [-0.39, 0.29) is 23.5 Å². The first-order chi connectivity index (χ1) is 15.8. The molecule has 0 radical (unpaired) electrons. The summed E-state index contributed by atoms with van der Waals surface area (Å²) in [6, 6.07) is 8.53. The third kappa shape index (κ3) is 4.86. The molecule has 11 heteroatoms. The van der Waals surface area contributed by atoms with Crippen molar-refractivity contribution in [1.29, 1.82) is 0 Å². The Morgan fingerprint density at radius 1 is 1.18 bits per heavy atom. The van der Waals surface area contributed by atoms with Crippen molar-refractivity contribution >= 4 is 48.3 Å². The van der Waals surface area contributed by atoms with Crippen molar-refractivity contribution in [1.82, 2.24) is 9.29 Å². The Balaban J connectivity index is 1.57. The van der Waals surface area contributed by atoms with Gasteiger partial charge in [0.2, 0.25) is 10.0 Å². The van der Waals surface area contributed by atoms with Crippen molar-refractivity contribution in [2.75, 3.05) is 49.6 Å². The van der Waals surface area contributed by atoms with Gasteiger partial charge >= 0.3 is 0 Å². The first-order valence-corrected chi connectivity index (χ1v) is 12.9. The molecule has 0 unspecified atom stereocenters. The Kier molecular flexibility index (Phi) is 6.94. The minimum Gasteiger partial charge on any atom is -0.378 e. The van der Waals surface area contributed by atoms with Crippen LogP contribution in [0, 0.1) is 5.82 Å². The SMILES string of the molecule is CCN(CC)S(=O)(=O)c1ccc(F)c(C(=O)Nc2ccc3nc(N4CCOCC4)sc3c2)c1. The highest BCUT2D eigenvalue weighted by atomic mass is 32.2. The number of rotatable bonds is 7. The molecule has 1 aliphatic heterocycles. The molecule has 1 aliphatic rings. The van der Waals surface area contributed by atoms with E-state index >= 15 is 0 Å². The molecule has 0 bridgehead atoms. The molecule has 33 heavy (non-hydrogen) atoms. The molecule has 0 saturated carbocycles. The third-order valence-electron chi connectivity index (χ3n) is 5.44. The second-order valence-corrected chi connectivity index (χ2v) is 10.4. The van der Waals surface area contributed by atoms with Gasteiger partial charge in [0.05, 0.1) is 33.9 Å². The maximum absolute atomic E-state index is 14.4. The molecular formula is C22H25FN4O4S2. The van der Waals surface area contributed by atoms with Crippen molar-refractivity contribution < 1.29 is 22.3 Å². The van der Waals surface area contributed by atoms with Crippen LogP contribution >= 0.6 is 11.3 Å². The summed E-state index contributed by atoms with van der Waals surface area (Å²) in [7, 11) is -3.82. The largest absolute Gasteiger partial charge is 0.378 e. The molecule has 0 atom stereocenters. The summed E-state index contributed by atoms with van der Waals surface area (Å²) in [6.45, 7) is 6.86. The van der Waals surface area contributed by atoms with Gasteiger partial charge in [-0.05, 0) is 36.4 Å². The standard InChI is InChI=1S/C22H25FN4O4S2/c1-3-27(4-2)33(29,30)16-6-7-18(23)17(14-16)21(28)24-15-5-8-19-20(13-15)32-22(25-19)26-9-11-31-12-10-26/h5-8,13-14H,3-4,9-12H2,1-2H3,(H,24,28). The zero-order valence-corrected chi connectivity index (χ0v) is 20.0. The van der Waals surface area contributed by atoms with E-state index in [1.165, 1.54) is 21.7 Å². The first-order valence-electron chi connectivity index (χ1n) is 10.7. The van der Waals surface area contributed by atoms with E-state index in [2.05, 4.69) is 15.2 Å². The second-order valence-electron chi connectivity index (χ2n) is 7.46. The molecule has 8 nitrogen and oxygen atoms in total. The van der Waals surface area contributed by atoms with Gasteiger partial charge in [0.15, 0.2) is 5.13 Å². The predicted molar refractivity (Wildman–Crippen MR) is 127 cm³/mol. The predicted octanol–water partition coefficient (Wildman–Crippen LogP) is 3.55. The number of carbonyl (C=O) groups excluding carboxylic acids is 1. The lowest BCUT2D eigenvalue weighted by Crippen LogP contribution is -2.36. The highest BCUT2D eigenvalue weighted by Gasteiger charge is 2.24. The van der Waals surface area contributed by atoms with Crippen LogP contribution in [0.25, 0.3) is 10.2 Å². The number of fused-ring (bicyclic) bond motifs is 1. The van der Waals surface area contributed by atoms with Gasteiger partial charge < -0.3 is 15.0 Å². The first kappa shape index (κ1) is 23.6. The molecule has 1 aromatic heterocycles. The zero-order chi connectivity index (χ0) is 23.6. The van der Waals surface area contributed by atoms with Crippen LogP contribution in [0.15, 0.2) is 41.3 Å². The van der Waals surface area contributed by atoms with Crippen LogP contribution in [0.4, 0.5) is 15.2 Å². The summed E-state index contributed by atoms with van der Waals surface area (Å²) >= 11 is 1.51. The van der Waals surface area contributed by atoms with Gasteiger partial charge in [-0.3, -0.25) is 4.79 Å². The highest BCUT2D eigenvalue weighted by molar-refractivity contribution is 7.89. The topological polar surface area (TPSA) is 91.8 Å². The van der Waals surface area contributed by atoms with Gasteiger partial charge in [-0.2, -0.15) is 4.31 Å². The number of morpholine rings is 1. The minimum absolute atomic E-state index is 0.120. The van der Waals surface area contributed by atoms with Crippen LogP contribution in [0.1, 0.15) is 24.2 Å². The number of benzene rings is 2. The van der Waals surface area contributed by atoms with Gasteiger partial charge in [0.1, 0.15) is 5.82 Å². The van der Waals surface area contributed by atoms with Crippen molar-refractivity contribution in [2.24, 2.45) is 0 Å². The van der Waals surface area contributed by atoms with Crippen LogP contribution in [-0.2, 0) is 14.8 Å². The molecular weight excluding hydrogens is 467 g/mol. The molecule has 1 N–H and O–H groups in total. The Morgan fingerprint density at radius 3 is 2.61 bits per heavy atom. The lowest BCUT2D eigenvalue weighted by Gasteiger charge is -2.25. The van der Waals surface area contributed by atoms with Crippen molar-refractivity contribution in [2.45, 2.75) is 18.7 Å². The van der Waals surface area contributed by atoms with Crippen molar-refractivity contribution in [3.05, 3.63) is 47.8 Å². The van der Waals surface area contributed by atoms with E-state index in [9.17, 15) is 17.6 Å². The van der Waals surface area contributed by atoms with E-state index in [0.29, 0.717) is 18.9 Å². The number of nitrogens with zero attached hydrogens (tertiary/aromatic N) is 3. The smallest absolute Gasteiger partial charge is 0.258 e. The van der Waals surface area contributed by atoms with Crippen LogP contribution in [0.3, 0.4) is 0 Å². The van der Waals surface area contributed by atoms with Gasteiger partial charge in [-0.1, -0.05) is 25.2 Å². The summed E-state index contributed by atoms with van der Waals surface area (Å²) in [5.74, 6) is -1.51. The maximum atomic E-state index is 14.4. The Labute approximate surface area is 196 Å². The number of thiazole rings is 1. The summed E-state index contributed by atoms with van der Waals surface area (Å²) in [6.07, 6.45) is 0. The van der Waals surface area contributed by atoms with Crippen LogP contribution in [-0.4, -0.2) is 63.0 Å². The fourth-order valence-electron chi connectivity index (χ4n) is 3.63. The molecule has 176 valence electrons. The van der Waals surface area contributed by atoms with Gasteiger partial charge in [-0.15, -0.1) is 0 Å². The number of nitrogens with one attached hydrogen (secondary N) is 1. The second kappa shape index (κ2) is 9.72. The number of ether oxygens (including phenoxy) is 1. The van der Waals surface area contributed by atoms with Crippen molar-refractivity contribution in [3.63, 3.8) is 0 Å². The fraction of sp³-hybridized carbons (Fsp3) is 0.364. The van der Waals surface area contributed by atoms with Gasteiger partial charge in [0.25, 0.3) is 5.91 Å². The monoisotopic (exact) mass is 492 g/mol. The fourth-order valence-corrected chi connectivity index (χ4v) is 6.17. The minimum atomic E-state index is -3.82. The van der Waals surface area contributed by atoms with E-state index in [1.54, 1.807) is 32.0 Å². The molecule has 1 fully saturated rings. The average Bonchev–Trinajstić information content (AvgIpc) is 3.24. The quantitative estimate of drug-likeness (QED) is 0.542. The molecule has 1 amide bonds.